The Labute approximate surface area is 161 Å². The summed E-state index contributed by atoms with van der Waals surface area (Å²) in [6.45, 7) is 7.60. The van der Waals surface area contributed by atoms with E-state index < -0.39 is 17.7 Å². The molecule has 0 unspecified atom stereocenters. The number of benzene rings is 2. The normalized spacial score (nSPS) is 12.1. The van der Waals surface area contributed by atoms with Crippen LogP contribution in [0.15, 0.2) is 71.2 Å². The van der Waals surface area contributed by atoms with E-state index in [4.69, 9.17) is 5.11 Å². The molecule has 0 atom stereocenters. The average Bonchev–Trinajstić information content (AvgIpc) is 2.70. The Bertz CT molecular complexity index is 883. The van der Waals surface area contributed by atoms with Crippen molar-refractivity contribution in [1.29, 1.82) is 0 Å². The molecule has 0 fully saturated rings. The molecule has 0 aromatic heterocycles. The number of amidine groups is 1. The van der Waals surface area contributed by atoms with E-state index in [1.165, 1.54) is 49.5 Å². The van der Waals surface area contributed by atoms with Gasteiger partial charge in [-0.05, 0) is 30.3 Å². The number of rotatable bonds is 4. The van der Waals surface area contributed by atoms with Gasteiger partial charge in [-0.3, -0.25) is 4.99 Å². The van der Waals surface area contributed by atoms with Crippen LogP contribution in [-0.2, 0) is 6.18 Å². The summed E-state index contributed by atoms with van der Waals surface area (Å²) in [6, 6.07) is 10.6. The first-order chi connectivity index (χ1) is 13.3. The van der Waals surface area contributed by atoms with Crippen molar-refractivity contribution in [1.82, 2.24) is 0 Å². The van der Waals surface area contributed by atoms with Gasteiger partial charge < -0.3 is 5.11 Å². The Morgan fingerprint density at radius 2 is 1.61 bits per heavy atom. The number of aromatic carboxylic acids is 1. The zero-order valence-corrected chi connectivity index (χ0v) is 15.8. The minimum atomic E-state index is -4.46. The number of allylic oxidation sites excluding steroid dienone is 1. The van der Waals surface area contributed by atoms with Crippen molar-refractivity contribution in [2.45, 2.75) is 20.0 Å². The maximum Gasteiger partial charge on any atom is 0.416 e. The van der Waals surface area contributed by atoms with Gasteiger partial charge in [0, 0.05) is 18.2 Å². The van der Waals surface area contributed by atoms with Gasteiger partial charge in [0.05, 0.1) is 16.8 Å². The van der Waals surface area contributed by atoms with Gasteiger partial charge in [-0.25, -0.2) is 9.79 Å². The predicted molar refractivity (Wildman–Crippen MR) is 105 cm³/mol. The van der Waals surface area contributed by atoms with E-state index in [0.29, 0.717) is 5.56 Å². The Balaban J connectivity index is 0.00000190. The van der Waals surface area contributed by atoms with E-state index in [-0.39, 0.29) is 22.7 Å². The van der Waals surface area contributed by atoms with Gasteiger partial charge in [-0.15, -0.1) is 0 Å². The molecule has 0 aliphatic rings. The van der Waals surface area contributed by atoms with Crippen LogP contribution in [0.25, 0.3) is 0 Å². The standard InChI is InChI=1S/C19H15F3N2O2.C2H6/c1-3-16(14-5-4-6-15(11-14)19(20,21)22)24-17(23-2)12-7-9-13(10-8-12)18(25)26;1-2/h3-11H,1H2,2H3,(H,25,26);1-2H3. The quantitative estimate of drug-likeness (QED) is 0.555. The van der Waals surface area contributed by atoms with E-state index >= 15 is 0 Å². The fraction of sp³-hybridized carbons (Fsp3) is 0.190. The molecule has 148 valence electrons. The summed E-state index contributed by atoms with van der Waals surface area (Å²) in [4.78, 5) is 19.2. The van der Waals surface area contributed by atoms with E-state index in [1.54, 1.807) is 0 Å². The molecule has 4 nitrogen and oxygen atoms in total. The van der Waals surface area contributed by atoms with Crippen LogP contribution in [0.2, 0.25) is 0 Å². The van der Waals surface area contributed by atoms with Crippen LogP contribution in [0, 0.1) is 0 Å². The first kappa shape index (κ1) is 22.8. The molecular weight excluding hydrogens is 369 g/mol. The first-order valence-corrected chi connectivity index (χ1v) is 8.45. The van der Waals surface area contributed by atoms with Gasteiger partial charge in [0.1, 0.15) is 0 Å². The van der Waals surface area contributed by atoms with E-state index in [9.17, 15) is 18.0 Å². The molecule has 28 heavy (non-hydrogen) atoms. The molecule has 2 aromatic carbocycles. The lowest BCUT2D eigenvalue weighted by Gasteiger charge is -2.09. The van der Waals surface area contributed by atoms with Crippen LogP contribution in [0.4, 0.5) is 13.2 Å². The molecule has 0 saturated heterocycles. The largest absolute Gasteiger partial charge is 0.478 e. The maximum absolute atomic E-state index is 12.9. The molecule has 0 bridgehead atoms. The number of hydrogen-bond acceptors (Lipinski definition) is 2. The van der Waals surface area contributed by atoms with Gasteiger partial charge in [0.25, 0.3) is 0 Å². The summed E-state index contributed by atoms with van der Waals surface area (Å²) in [5.41, 5.74) is 0.321. The molecule has 0 spiro atoms. The highest BCUT2D eigenvalue weighted by atomic mass is 19.4. The minimum Gasteiger partial charge on any atom is -0.478 e. The van der Waals surface area contributed by atoms with Crippen LogP contribution >= 0.6 is 0 Å². The second-order valence-electron chi connectivity index (χ2n) is 5.21. The molecule has 2 aromatic rings. The van der Waals surface area contributed by atoms with Crippen LogP contribution in [0.3, 0.4) is 0 Å². The van der Waals surface area contributed by atoms with E-state index in [0.717, 1.165) is 12.1 Å². The summed E-state index contributed by atoms with van der Waals surface area (Å²) < 4.78 is 38.7. The lowest BCUT2D eigenvalue weighted by atomic mass is 10.1. The van der Waals surface area contributed by atoms with E-state index in [2.05, 4.69) is 16.6 Å². The summed E-state index contributed by atoms with van der Waals surface area (Å²) in [5, 5.41) is 8.93. The second kappa shape index (κ2) is 10.2. The fourth-order valence-electron chi connectivity index (χ4n) is 2.20. The molecule has 2 rings (SSSR count). The Kier molecular flexibility index (Phi) is 8.31. The van der Waals surface area contributed by atoms with Crippen molar-refractivity contribution in [2.24, 2.45) is 9.98 Å². The topological polar surface area (TPSA) is 62.0 Å². The van der Waals surface area contributed by atoms with Crippen molar-refractivity contribution in [3.05, 3.63) is 83.4 Å². The number of carboxylic acids is 1. The zero-order valence-electron chi connectivity index (χ0n) is 15.8. The van der Waals surface area contributed by atoms with Crippen molar-refractivity contribution in [3.8, 4) is 0 Å². The highest BCUT2D eigenvalue weighted by Crippen LogP contribution is 2.29. The number of aliphatic imine (C=N–C) groups is 2. The SMILES string of the molecule is C=CC(=NC(=NC)c1ccc(C(=O)O)cc1)c1cccc(C(F)(F)F)c1.CC. The summed E-state index contributed by atoms with van der Waals surface area (Å²) in [5.74, 6) is -0.819. The molecule has 0 amide bonds. The van der Waals surface area contributed by atoms with Crippen molar-refractivity contribution >= 4 is 17.5 Å². The smallest absolute Gasteiger partial charge is 0.416 e. The number of alkyl halides is 3. The van der Waals surface area contributed by atoms with Crippen molar-refractivity contribution in [2.75, 3.05) is 7.05 Å². The number of hydrogen-bond donors (Lipinski definition) is 1. The van der Waals surface area contributed by atoms with Gasteiger partial charge in [0.2, 0.25) is 0 Å². The van der Waals surface area contributed by atoms with Crippen LogP contribution in [0.1, 0.15) is 40.9 Å². The second-order valence-corrected chi connectivity index (χ2v) is 5.21. The number of carboxylic acid groups (broad SMARTS) is 1. The lowest BCUT2D eigenvalue weighted by Crippen LogP contribution is -2.09. The summed E-state index contributed by atoms with van der Waals surface area (Å²) in [6.07, 6.45) is -3.12. The molecule has 0 aliphatic carbocycles. The summed E-state index contributed by atoms with van der Waals surface area (Å²) in [7, 11) is 1.48. The molecule has 0 saturated carbocycles. The fourth-order valence-corrected chi connectivity index (χ4v) is 2.20. The van der Waals surface area contributed by atoms with Gasteiger partial charge in [-0.1, -0.05) is 44.7 Å². The molecule has 7 heteroatoms. The number of halogens is 3. The Hall–Kier alpha value is -3.22. The van der Waals surface area contributed by atoms with Crippen LogP contribution < -0.4 is 0 Å². The third kappa shape index (κ3) is 5.90. The average molecular weight is 390 g/mol. The molecule has 0 radical (unpaired) electrons. The highest BCUT2D eigenvalue weighted by molar-refractivity contribution is 6.16. The molecule has 0 aliphatic heterocycles. The lowest BCUT2D eigenvalue weighted by molar-refractivity contribution is -0.137. The monoisotopic (exact) mass is 390 g/mol. The van der Waals surface area contributed by atoms with Gasteiger partial charge in [-0.2, -0.15) is 13.2 Å². The molecular formula is C21H21F3N2O2. The van der Waals surface area contributed by atoms with Crippen molar-refractivity contribution < 1.29 is 23.1 Å². The third-order valence-corrected chi connectivity index (χ3v) is 3.51. The number of nitrogens with zero attached hydrogens (tertiary/aromatic N) is 2. The summed E-state index contributed by atoms with van der Waals surface area (Å²) >= 11 is 0. The number of carbonyl (C=O) groups is 1. The Morgan fingerprint density at radius 3 is 2.07 bits per heavy atom. The Morgan fingerprint density at radius 1 is 1.04 bits per heavy atom. The van der Waals surface area contributed by atoms with Crippen LogP contribution in [0.5, 0.6) is 0 Å². The maximum atomic E-state index is 12.9. The van der Waals surface area contributed by atoms with E-state index in [1.807, 2.05) is 13.8 Å². The van der Waals surface area contributed by atoms with Crippen molar-refractivity contribution in [3.63, 3.8) is 0 Å². The molecule has 0 heterocycles. The van der Waals surface area contributed by atoms with Crippen LogP contribution in [-0.4, -0.2) is 29.7 Å². The van der Waals surface area contributed by atoms with Gasteiger partial charge in [0.15, 0.2) is 5.84 Å². The molecule has 1 N–H and O–H groups in total. The minimum absolute atomic E-state index is 0.106. The third-order valence-electron chi connectivity index (χ3n) is 3.51. The first-order valence-electron chi connectivity index (χ1n) is 8.45. The zero-order chi connectivity index (χ0) is 21.3. The predicted octanol–water partition coefficient (Wildman–Crippen LogP) is 5.48. The highest BCUT2D eigenvalue weighted by Gasteiger charge is 2.30. The van der Waals surface area contributed by atoms with Gasteiger partial charge >= 0.3 is 12.1 Å².